The summed E-state index contributed by atoms with van der Waals surface area (Å²) in [5.74, 6) is -0.474. The number of benzene rings is 1. The van der Waals surface area contributed by atoms with Crippen molar-refractivity contribution in [2.45, 2.75) is 18.4 Å². The van der Waals surface area contributed by atoms with Gasteiger partial charge in [0.25, 0.3) is 0 Å². The topological polar surface area (TPSA) is 94.2 Å². The molecule has 0 aliphatic carbocycles. The van der Waals surface area contributed by atoms with Gasteiger partial charge in [0.05, 0.1) is 0 Å². The lowest BCUT2D eigenvalue weighted by molar-refractivity contribution is 0.198. The molecule has 1 heterocycles. The molecule has 1 saturated heterocycles. The number of amides is 2. The van der Waals surface area contributed by atoms with E-state index >= 15 is 0 Å². The minimum Gasteiger partial charge on any atom is -0.386 e. The molecule has 2 rings (SSSR count). The van der Waals surface area contributed by atoms with Crippen LogP contribution in [0.3, 0.4) is 0 Å². The van der Waals surface area contributed by atoms with Crippen molar-refractivity contribution >= 4 is 17.6 Å². The third kappa shape index (κ3) is 3.69. The molecule has 2 amide bonds. The number of carbonyl (C=O) groups excluding carboxylic acids is 1. The van der Waals surface area contributed by atoms with Crippen molar-refractivity contribution in [1.82, 2.24) is 10.2 Å². The summed E-state index contributed by atoms with van der Waals surface area (Å²) in [7, 11) is 1.98. The zero-order chi connectivity index (χ0) is 15.5. The predicted molar refractivity (Wildman–Crippen MR) is 79.9 cm³/mol. The van der Waals surface area contributed by atoms with Gasteiger partial charge in [0.15, 0.2) is 0 Å². The molecule has 0 aromatic heterocycles. The smallest absolute Gasteiger partial charge is 0.320 e. The number of amidine groups is 1. The third-order valence-electron chi connectivity index (χ3n) is 3.79. The summed E-state index contributed by atoms with van der Waals surface area (Å²) in [6.07, 6.45) is 1.16. The number of halogens is 1. The highest BCUT2D eigenvalue weighted by molar-refractivity contribution is 5.96. The molecule has 1 aliphatic heterocycles. The van der Waals surface area contributed by atoms with Crippen LogP contribution < -0.4 is 16.4 Å². The maximum Gasteiger partial charge on any atom is 0.320 e. The van der Waals surface area contributed by atoms with Gasteiger partial charge < -0.3 is 21.3 Å². The van der Waals surface area contributed by atoms with Crippen LogP contribution in [-0.2, 0) is 0 Å². The number of carbonyl (C=O) groups is 1. The quantitative estimate of drug-likeness (QED) is 0.500. The number of rotatable bonds is 3. The lowest BCUT2D eigenvalue weighted by Crippen LogP contribution is -2.62. The first-order chi connectivity index (χ1) is 9.91. The largest absolute Gasteiger partial charge is 0.386 e. The Balaban J connectivity index is 2.04. The minimum absolute atomic E-state index is 0.0509. The third-order valence-corrected chi connectivity index (χ3v) is 3.79. The number of hydrogen-bond acceptors (Lipinski definition) is 3. The Morgan fingerprint density at radius 1 is 1.43 bits per heavy atom. The van der Waals surface area contributed by atoms with E-state index in [0.717, 1.165) is 13.1 Å². The van der Waals surface area contributed by atoms with Crippen LogP contribution in [0, 0.1) is 11.2 Å². The molecule has 0 bridgehead atoms. The van der Waals surface area contributed by atoms with Crippen LogP contribution in [0.1, 0.15) is 12.8 Å². The van der Waals surface area contributed by atoms with E-state index in [2.05, 4.69) is 15.5 Å². The first-order valence-electron chi connectivity index (χ1n) is 6.79. The van der Waals surface area contributed by atoms with Gasteiger partial charge in [0.1, 0.15) is 17.2 Å². The van der Waals surface area contributed by atoms with Crippen LogP contribution in [0.2, 0.25) is 0 Å². The van der Waals surface area contributed by atoms with Gasteiger partial charge in [-0.25, -0.2) is 9.18 Å². The van der Waals surface area contributed by atoms with Gasteiger partial charge in [0.2, 0.25) is 0 Å². The Labute approximate surface area is 123 Å². The van der Waals surface area contributed by atoms with Gasteiger partial charge in [-0.1, -0.05) is 6.07 Å². The van der Waals surface area contributed by atoms with E-state index in [4.69, 9.17) is 11.1 Å². The second kappa shape index (κ2) is 6.09. The zero-order valence-electron chi connectivity index (χ0n) is 11.9. The zero-order valence-corrected chi connectivity index (χ0v) is 11.9. The van der Waals surface area contributed by atoms with Crippen molar-refractivity contribution in [3.8, 4) is 0 Å². The summed E-state index contributed by atoms with van der Waals surface area (Å²) in [6, 6.07) is 5.16. The molecule has 114 valence electrons. The van der Waals surface area contributed by atoms with E-state index in [9.17, 15) is 9.18 Å². The SMILES string of the molecule is CN1CCC(NC(=O)Nc2cccc(F)c2)(C(=N)N)CC1. The highest BCUT2D eigenvalue weighted by Crippen LogP contribution is 2.22. The number of hydrogen-bond donors (Lipinski definition) is 4. The minimum atomic E-state index is -0.829. The first-order valence-corrected chi connectivity index (χ1v) is 6.79. The average Bonchev–Trinajstić information content (AvgIpc) is 2.41. The second-order valence-corrected chi connectivity index (χ2v) is 5.39. The molecule has 1 aliphatic rings. The van der Waals surface area contributed by atoms with Gasteiger partial charge in [-0.05, 0) is 38.1 Å². The Morgan fingerprint density at radius 3 is 2.67 bits per heavy atom. The predicted octanol–water partition coefficient (Wildman–Crippen LogP) is 1.35. The fourth-order valence-electron chi connectivity index (χ4n) is 2.41. The summed E-state index contributed by atoms with van der Waals surface area (Å²) in [4.78, 5) is 14.2. The molecular formula is C14H20FN5O. The van der Waals surface area contributed by atoms with E-state index < -0.39 is 17.4 Å². The number of likely N-dealkylation sites (tertiary alicyclic amines) is 1. The van der Waals surface area contributed by atoms with Crippen LogP contribution >= 0.6 is 0 Å². The second-order valence-electron chi connectivity index (χ2n) is 5.39. The lowest BCUT2D eigenvalue weighted by atomic mass is 9.86. The number of anilines is 1. The molecule has 0 spiro atoms. The lowest BCUT2D eigenvalue weighted by Gasteiger charge is -2.40. The highest BCUT2D eigenvalue weighted by atomic mass is 19.1. The fraction of sp³-hybridized carbons (Fsp3) is 0.429. The maximum atomic E-state index is 13.1. The van der Waals surface area contributed by atoms with Gasteiger partial charge in [0, 0.05) is 18.8 Å². The molecule has 0 unspecified atom stereocenters. The maximum absolute atomic E-state index is 13.1. The van der Waals surface area contributed by atoms with E-state index in [-0.39, 0.29) is 5.84 Å². The van der Waals surface area contributed by atoms with Crippen LogP contribution in [-0.4, -0.2) is 42.4 Å². The molecule has 0 saturated carbocycles. The molecule has 0 atom stereocenters. The molecule has 0 radical (unpaired) electrons. The molecule has 1 fully saturated rings. The van der Waals surface area contributed by atoms with Gasteiger partial charge in [-0.2, -0.15) is 0 Å². The Bertz CT molecular complexity index is 540. The normalized spacial score (nSPS) is 18.0. The van der Waals surface area contributed by atoms with Gasteiger partial charge in [-0.15, -0.1) is 0 Å². The molecule has 6 nitrogen and oxygen atoms in total. The summed E-state index contributed by atoms with van der Waals surface area (Å²) in [6.45, 7) is 1.50. The van der Waals surface area contributed by atoms with Crippen LogP contribution in [0.4, 0.5) is 14.9 Å². The van der Waals surface area contributed by atoms with Crippen LogP contribution in [0.15, 0.2) is 24.3 Å². The van der Waals surface area contributed by atoms with Crippen molar-refractivity contribution in [3.63, 3.8) is 0 Å². The van der Waals surface area contributed by atoms with E-state index in [1.54, 1.807) is 6.07 Å². The summed E-state index contributed by atoms with van der Waals surface area (Å²) < 4.78 is 13.1. The van der Waals surface area contributed by atoms with Crippen molar-refractivity contribution in [1.29, 1.82) is 5.41 Å². The Morgan fingerprint density at radius 2 is 2.10 bits per heavy atom. The number of nitrogens with two attached hydrogens (primary N) is 1. The first kappa shape index (κ1) is 15.2. The average molecular weight is 293 g/mol. The summed E-state index contributed by atoms with van der Waals surface area (Å²) in [5, 5.41) is 13.1. The van der Waals surface area contributed by atoms with E-state index in [1.807, 2.05) is 7.05 Å². The van der Waals surface area contributed by atoms with Crippen LogP contribution in [0.25, 0.3) is 0 Å². The Kier molecular flexibility index (Phi) is 4.42. The highest BCUT2D eigenvalue weighted by Gasteiger charge is 2.38. The van der Waals surface area contributed by atoms with Crippen molar-refractivity contribution < 1.29 is 9.18 Å². The molecule has 21 heavy (non-hydrogen) atoms. The summed E-state index contributed by atoms with van der Waals surface area (Å²) in [5.41, 5.74) is 5.21. The van der Waals surface area contributed by atoms with E-state index in [1.165, 1.54) is 18.2 Å². The summed E-state index contributed by atoms with van der Waals surface area (Å²) >= 11 is 0. The monoisotopic (exact) mass is 293 g/mol. The standard InChI is InChI=1S/C14H20FN5O/c1-20-7-5-14(6-8-20,12(16)17)19-13(21)18-11-4-2-3-10(15)9-11/h2-4,9H,5-8H2,1H3,(H3,16,17)(H2,18,19,21). The Hall–Kier alpha value is -2.15. The molecule has 1 aromatic rings. The number of piperidine rings is 1. The molecular weight excluding hydrogens is 273 g/mol. The van der Waals surface area contributed by atoms with E-state index in [0.29, 0.717) is 18.5 Å². The van der Waals surface area contributed by atoms with Crippen LogP contribution in [0.5, 0.6) is 0 Å². The number of nitrogens with one attached hydrogen (secondary N) is 3. The van der Waals surface area contributed by atoms with Crippen molar-refractivity contribution in [3.05, 3.63) is 30.1 Å². The fourth-order valence-corrected chi connectivity index (χ4v) is 2.41. The molecule has 7 heteroatoms. The van der Waals surface area contributed by atoms with Gasteiger partial charge in [-0.3, -0.25) is 5.41 Å². The number of nitrogens with zero attached hydrogens (tertiary/aromatic N) is 1. The van der Waals surface area contributed by atoms with Crippen molar-refractivity contribution in [2.75, 3.05) is 25.5 Å². The number of urea groups is 1. The van der Waals surface area contributed by atoms with Gasteiger partial charge >= 0.3 is 6.03 Å². The van der Waals surface area contributed by atoms with Crippen molar-refractivity contribution in [2.24, 2.45) is 5.73 Å². The molecule has 5 N–H and O–H groups in total. The molecule has 1 aromatic carbocycles.